The first-order chi connectivity index (χ1) is 4.83. The normalized spacial score (nSPS) is 22.4. The minimum atomic E-state index is 0.204. The minimum absolute atomic E-state index is 0.204. The highest BCUT2D eigenvalue weighted by atomic mass is 32.2. The van der Waals surface area contributed by atoms with Crippen LogP contribution in [0.4, 0.5) is 0 Å². The second-order valence-corrected chi connectivity index (χ2v) is 2.83. The van der Waals surface area contributed by atoms with Crippen molar-refractivity contribution in [3.63, 3.8) is 0 Å². The van der Waals surface area contributed by atoms with Crippen LogP contribution in [0.25, 0.3) is 0 Å². The maximum Gasteiger partial charge on any atom is 0.0994 e. The maximum atomic E-state index is 8.57. The van der Waals surface area contributed by atoms with Crippen LogP contribution in [0.2, 0.25) is 0 Å². The van der Waals surface area contributed by atoms with Crippen molar-refractivity contribution in [1.29, 1.82) is 0 Å². The molecule has 0 aromatic rings. The Morgan fingerprint density at radius 2 is 2.30 bits per heavy atom. The Morgan fingerprint density at radius 1 is 1.70 bits per heavy atom. The number of allylic oxidation sites excluding steroid dienone is 1. The van der Waals surface area contributed by atoms with Crippen LogP contribution in [0, 0.1) is 0 Å². The van der Waals surface area contributed by atoms with Crippen LogP contribution in [-0.2, 0) is 0 Å². The largest absolute Gasteiger partial charge is 0.393 e. The highest BCUT2D eigenvalue weighted by Crippen LogP contribution is 2.18. The lowest BCUT2D eigenvalue weighted by atomic mass is 10.5. The fourth-order valence-corrected chi connectivity index (χ4v) is 1.37. The summed E-state index contributed by atoms with van der Waals surface area (Å²) in [7, 11) is 0. The Morgan fingerprint density at radius 3 is 2.50 bits per heavy atom. The third kappa shape index (κ3) is 3.13. The Balaban J connectivity index is 0.000000371. The molecule has 2 N–H and O–H groups in total. The van der Waals surface area contributed by atoms with Crippen LogP contribution in [0.1, 0.15) is 20.8 Å². The van der Waals surface area contributed by atoms with Gasteiger partial charge in [-0.15, -0.1) is 11.8 Å². The molecule has 0 radical (unpaired) electrons. The van der Waals surface area contributed by atoms with E-state index in [0.717, 1.165) is 5.70 Å². The van der Waals surface area contributed by atoms with E-state index in [0.29, 0.717) is 0 Å². The van der Waals surface area contributed by atoms with E-state index in [1.54, 1.807) is 11.8 Å². The summed E-state index contributed by atoms with van der Waals surface area (Å²) in [6, 6.07) is 0. The smallest absolute Gasteiger partial charge is 0.0994 e. The second kappa shape index (κ2) is 5.62. The van der Waals surface area contributed by atoms with Gasteiger partial charge in [0.05, 0.1) is 12.0 Å². The zero-order valence-corrected chi connectivity index (χ0v) is 7.53. The van der Waals surface area contributed by atoms with Gasteiger partial charge in [0, 0.05) is 5.70 Å². The third-order valence-electron chi connectivity index (χ3n) is 0.964. The van der Waals surface area contributed by atoms with Crippen LogP contribution < -0.4 is 5.32 Å². The molecule has 1 unspecified atom stereocenters. The zero-order valence-electron chi connectivity index (χ0n) is 6.72. The van der Waals surface area contributed by atoms with Crippen molar-refractivity contribution in [3.8, 4) is 0 Å². The zero-order chi connectivity index (χ0) is 7.98. The molecule has 1 heterocycles. The van der Waals surface area contributed by atoms with Gasteiger partial charge in [0.15, 0.2) is 0 Å². The average molecular weight is 161 g/mol. The van der Waals surface area contributed by atoms with Crippen LogP contribution in [-0.4, -0.2) is 17.1 Å². The third-order valence-corrected chi connectivity index (χ3v) is 2.05. The highest BCUT2D eigenvalue weighted by molar-refractivity contribution is 8.03. The van der Waals surface area contributed by atoms with Crippen molar-refractivity contribution >= 4 is 11.8 Å². The van der Waals surface area contributed by atoms with Gasteiger partial charge in [0.2, 0.25) is 0 Å². The molecule has 0 spiro atoms. The lowest BCUT2D eigenvalue weighted by Gasteiger charge is -2.05. The first-order valence-corrected chi connectivity index (χ1v) is 4.47. The summed E-state index contributed by atoms with van der Waals surface area (Å²) < 4.78 is 0. The van der Waals surface area contributed by atoms with E-state index in [2.05, 4.69) is 5.32 Å². The van der Waals surface area contributed by atoms with E-state index in [1.807, 2.05) is 26.2 Å². The van der Waals surface area contributed by atoms with E-state index >= 15 is 0 Å². The number of rotatable bonds is 1. The standard InChI is InChI=1S/C5H9NOS.C2H6/c1-4-3-8-5(2-7)6-4;1-2/h3,5-7H,2H2,1H3;1-2H3. The Bertz CT molecular complexity index is 114. The van der Waals surface area contributed by atoms with E-state index in [9.17, 15) is 0 Å². The molecule has 1 aliphatic rings. The monoisotopic (exact) mass is 161 g/mol. The fourth-order valence-electron chi connectivity index (χ4n) is 0.595. The van der Waals surface area contributed by atoms with Gasteiger partial charge in [0.1, 0.15) is 0 Å². The summed E-state index contributed by atoms with van der Waals surface area (Å²) in [6.07, 6.45) is 0. The summed E-state index contributed by atoms with van der Waals surface area (Å²) in [5.74, 6) is 0. The molecule has 2 nitrogen and oxygen atoms in total. The molecule has 60 valence electrons. The molecule has 1 rings (SSSR count). The summed E-state index contributed by atoms with van der Waals surface area (Å²) in [4.78, 5) is 0. The lowest BCUT2D eigenvalue weighted by Crippen LogP contribution is -2.22. The first-order valence-electron chi connectivity index (χ1n) is 3.52. The van der Waals surface area contributed by atoms with Crippen molar-refractivity contribution in [1.82, 2.24) is 5.32 Å². The molecular weight excluding hydrogens is 146 g/mol. The SMILES string of the molecule is CC.CC1=CSC(CO)N1. The molecule has 3 heteroatoms. The van der Waals surface area contributed by atoms with Gasteiger partial charge in [-0.1, -0.05) is 13.8 Å². The molecule has 10 heavy (non-hydrogen) atoms. The van der Waals surface area contributed by atoms with Gasteiger partial charge in [-0.05, 0) is 12.3 Å². The predicted octanol–water partition coefficient (Wildman–Crippen LogP) is 1.53. The lowest BCUT2D eigenvalue weighted by molar-refractivity contribution is 0.287. The van der Waals surface area contributed by atoms with E-state index < -0.39 is 0 Å². The van der Waals surface area contributed by atoms with Crippen molar-refractivity contribution in [2.24, 2.45) is 0 Å². The number of thioether (sulfide) groups is 1. The fraction of sp³-hybridized carbons (Fsp3) is 0.714. The molecule has 0 amide bonds. The molecule has 0 saturated heterocycles. The molecule has 0 fully saturated rings. The molecule has 1 atom stereocenters. The molecule has 0 bridgehead atoms. The van der Waals surface area contributed by atoms with Gasteiger partial charge >= 0.3 is 0 Å². The summed E-state index contributed by atoms with van der Waals surface area (Å²) in [6.45, 7) is 6.20. The Kier molecular flexibility index (Phi) is 5.54. The molecule has 0 aromatic heterocycles. The second-order valence-electron chi connectivity index (χ2n) is 1.75. The molecule has 0 saturated carbocycles. The van der Waals surface area contributed by atoms with E-state index in [4.69, 9.17) is 5.11 Å². The van der Waals surface area contributed by atoms with Gasteiger partial charge < -0.3 is 10.4 Å². The van der Waals surface area contributed by atoms with Crippen LogP contribution in [0.3, 0.4) is 0 Å². The van der Waals surface area contributed by atoms with Gasteiger partial charge in [-0.3, -0.25) is 0 Å². The van der Waals surface area contributed by atoms with Crippen LogP contribution in [0.15, 0.2) is 11.1 Å². The Hall–Kier alpha value is -0.150. The molecule has 0 aliphatic carbocycles. The molecule has 0 aromatic carbocycles. The summed E-state index contributed by atoms with van der Waals surface area (Å²) in [5.41, 5.74) is 1.15. The van der Waals surface area contributed by atoms with Gasteiger partial charge in [0.25, 0.3) is 0 Å². The Labute approximate surface area is 66.7 Å². The minimum Gasteiger partial charge on any atom is -0.393 e. The van der Waals surface area contributed by atoms with Crippen molar-refractivity contribution in [2.45, 2.75) is 26.1 Å². The predicted molar refractivity (Wildman–Crippen MR) is 46.7 cm³/mol. The topological polar surface area (TPSA) is 32.3 Å². The van der Waals surface area contributed by atoms with Crippen molar-refractivity contribution in [2.75, 3.05) is 6.61 Å². The van der Waals surface area contributed by atoms with Gasteiger partial charge in [-0.2, -0.15) is 0 Å². The number of nitrogens with one attached hydrogen (secondary N) is 1. The van der Waals surface area contributed by atoms with E-state index in [-0.39, 0.29) is 12.0 Å². The first kappa shape index (κ1) is 9.85. The number of hydrogen-bond donors (Lipinski definition) is 2. The number of hydrogen-bond acceptors (Lipinski definition) is 3. The summed E-state index contributed by atoms with van der Waals surface area (Å²) >= 11 is 1.63. The maximum absolute atomic E-state index is 8.57. The number of aliphatic hydroxyl groups excluding tert-OH is 1. The quantitative estimate of drug-likeness (QED) is 0.611. The average Bonchev–Trinajstić information content (AvgIpc) is 2.40. The number of aliphatic hydroxyl groups is 1. The van der Waals surface area contributed by atoms with Crippen molar-refractivity contribution in [3.05, 3.63) is 11.1 Å². The molecular formula is C7H15NOS. The van der Waals surface area contributed by atoms with E-state index in [1.165, 1.54) is 0 Å². The highest BCUT2D eigenvalue weighted by Gasteiger charge is 2.10. The van der Waals surface area contributed by atoms with Gasteiger partial charge in [-0.25, -0.2) is 0 Å². The summed E-state index contributed by atoms with van der Waals surface area (Å²) in [5, 5.41) is 13.9. The van der Waals surface area contributed by atoms with Crippen LogP contribution >= 0.6 is 11.8 Å². The van der Waals surface area contributed by atoms with Crippen molar-refractivity contribution < 1.29 is 5.11 Å². The van der Waals surface area contributed by atoms with Crippen LogP contribution in [0.5, 0.6) is 0 Å². The molecule has 1 aliphatic heterocycles.